The summed E-state index contributed by atoms with van der Waals surface area (Å²) in [5.74, 6) is -0.00738. The number of rotatable bonds is 74. The third-order valence-corrected chi connectivity index (χ3v) is 25.4. The molecule has 2 heterocycles. The van der Waals surface area contributed by atoms with Crippen LogP contribution in [0.15, 0.2) is 0 Å². The Bertz CT molecular complexity index is 2530. The fourth-order valence-corrected chi connectivity index (χ4v) is 17.2. The van der Waals surface area contributed by atoms with Crippen LogP contribution in [-0.2, 0) is 79.6 Å². The lowest BCUT2D eigenvalue weighted by molar-refractivity contribution is -0.376. The number of unbranched alkanes of at least 4 members (excludes halogenated alkanes) is 38. The highest BCUT2D eigenvalue weighted by atomic mass is 32.1. The lowest BCUT2D eigenvalue weighted by Gasteiger charge is -2.45. The number of phosphoric acid groups is 2. The number of carbonyl (C=O) groups is 4. The van der Waals surface area contributed by atoms with Crippen molar-refractivity contribution >= 4 is 52.2 Å². The predicted octanol–water partition coefficient (Wildman–Crippen LogP) is 17.5. The number of hydrogen-bond donors (Lipinski definition) is 9. The summed E-state index contributed by atoms with van der Waals surface area (Å²) in [5.41, 5.74) is 0. The van der Waals surface area contributed by atoms with E-state index in [4.69, 9.17) is 63.9 Å². The second-order valence-corrected chi connectivity index (χ2v) is 36.7. The van der Waals surface area contributed by atoms with Crippen molar-refractivity contribution in [3.63, 3.8) is 0 Å². The summed E-state index contributed by atoms with van der Waals surface area (Å²) < 4.78 is 87.2. The van der Waals surface area contributed by atoms with Gasteiger partial charge in [-0.1, -0.05) is 297 Å². The predicted molar refractivity (Wildman–Crippen MR) is 434 cm³/mol. The molecule has 2 aliphatic heterocycles. The number of aliphatic hydroxyl groups excluding tert-OH is 6. The molecule has 28 heteroatoms. The fraction of sp³-hybridized carbons (Fsp3) is 0.952. The van der Waals surface area contributed by atoms with E-state index < -0.39 is 153 Å². The van der Waals surface area contributed by atoms with Gasteiger partial charge < -0.3 is 73.6 Å². The van der Waals surface area contributed by atoms with Gasteiger partial charge in [0.25, 0.3) is 0 Å². The highest BCUT2D eigenvalue weighted by Gasteiger charge is 2.52. The molecular formula is C84H156O25P2S. The summed E-state index contributed by atoms with van der Waals surface area (Å²) in [6.07, 6.45) is 33.1. The minimum Gasteiger partial charge on any atom is -0.462 e. The van der Waals surface area contributed by atoms with E-state index >= 15 is 0 Å². The Hall–Kier alpha value is -1.91. The molecule has 4 fully saturated rings. The van der Waals surface area contributed by atoms with Crippen molar-refractivity contribution in [2.75, 3.05) is 39.6 Å². The van der Waals surface area contributed by atoms with Crippen LogP contribution in [0, 0.1) is 17.8 Å². The third-order valence-electron chi connectivity index (χ3n) is 22.7. The fourth-order valence-electron chi connectivity index (χ4n) is 15.2. The van der Waals surface area contributed by atoms with Gasteiger partial charge in [0, 0.05) is 30.4 Å². The van der Waals surface area contributed by atoms with Crippen molar-refractivity contribution in [2.45, 2.75) is 453 Å². The van der Waals surface area contributed by atoms with Crippen LogP contribution in [0.4, 0.5) is 0 Å². The molecule has 2 saturated heterocycles. The van der Waals surface area contributed by atoms with Crippen molar-refractivity contribution in [3.8, 4) is 0 Å². The summed E-state index contributed by atoms with van der Waals surface area (Å²) in [6.45, 7) is 4.29. The van der Waals surface area contributed by atoms with Gasteiger partial charge >= 0.3 is 39.5 Å². The van der Waals surface area contributed by atoms with E-state index in [0.717, 1.165) is 134 Å². The Morgan fingerprint density at radius 1 is 0.375 bits per heavy atom. The van der Waals surface area contributed by atoms with Crippen LogP contribution < -0.4 is 0 Å². The number of hydrogen-bond acceptors (Lipinski definition) is 24. The largest absolute Gasteiger partial charge is 0.472 e. The van der Waals surface area contributed by atoms with E-state index in [1.807, 2.05) is 0 Å². The normalized spacial score (nSPS) is 25.9. The van der Waals surface area contributed by atoms with Gasteiger partial charge in [-0.3, -0.25) is 37.3 Å². The van der Waals surface area contributed by atoms with Crippen molar-refractivity contribution < 1.29 is 120 Å². The molecule has 0 aromatic rings. The van der Waals surface area contributed by atoms with Gasteiger partial charge in [-0.25, -0.2) is 9.13 Å². The highest BCUT2D eigenvalue weighted by molar-refractivity contribution is 7.82. The highest BCUT2D eigenvalue weighted by Crippen LogP contribution is 2.55. The van der Waals surface area contributed by atoms with E-state index in [1.54, 1.807) is 0 Å². The summed E-state index contributed by atoms with van der Waals surface area (Å²) >= 11 is 4.99. The van der Waals surface area contributed by atoms with Crippen LogP contribution in [0.1, 0.15) is 374 Å². The van der Waals surface area contributed by atoms with E-state index in [0.29, 0.717) is 31.6 Å². The number of thiol groups is 1. The topological polar surface area (TPSA) is 366 Å². The second-order valence-electron chi connectivity index (χ2n) is 32.9. The first-order valence-electron chi connectivity index (χ1n) is 44.7. The Labute approximate surface area is 679 Å². The molecule has 0 spiro atoms. The van der Waals surface area contributed by atoms with Crippen LogP contribution in [0.5, 0.6) is 0 Å². The van der Waals surface area contributed by atoms with Gasteiger partial charge in [-0.05, 0) is 69.1 Å². The number of esters is 4. The summed E-state index contributed by atoms with van der Waals surface area (Å²) in [6, 6.07) is 0. The molecule has 658 valence electrons. The standard InChI is InChI=1S/C84H156O25P2S/c1-5-9-13-17-19-21-23-25-27-29-31-37-44-52-72(85)99-59-68(105-74(87)54-46-39-33-35-42-50-66-57-65(66)49-41-15-11-7-3)61-101-110(95,96)103-63-70-76(89)78(91)80(93)82(107-70)109-83-81(94)79(92)77(90)71(108-83)64-104-111(97,98)102-62-69(60-100-73(86)53-45-38-32-30-28-26-24-22-20-18-14-10-6-2)106-75(88)55-47-40-34-36-43-51-67-58-84(67,112)56-48-16-12-8-4/h65-71,76-83,89-94,112H,5-64H2,1-4H3,(H,95,96)(H,97,98)/t65-,66+,67+,68+,69+,70?,71?,76?,77?,78?,79?,80?,81?,82?,83?,84+/m0/s1. The molecule has 0 aromatic carbocycles. The number of phosphoric ester groups is 2. The molecular weight excluding hydrogens is 1500 g/mol. The molecule has 0 bridgehead atoms. The lowest BCUT2D eigenvalue weighted by Crippen LogP contribution is -2.63. The zero-order chi connectivity index (χ0) is 81.7. The maximum absolute atomic E-state index is 13.5. The van der Waals surface area contributed by atoms with Gasteiger partial charge in [0.2, 0.25) is 0 Å². The zero-order valence-corrected chi connectivity index (χ0v) is 72.1. The average Bonchev–Trinajstić information content (AvgIpc) is 1.52. The van der Waals surface area contributed by atoms with Gasteiger partial charge in [0.1, 0.15) is 62.0 Å². The van der Waals surface area contributed by atoms with E-state index in [2.05, 4.69) is 27.7 Å². The second kappa shape index (κ2) is 61.4. The quantitative estimate of drug-likeness (QED) is 0.00898. The van der Waals surface area contributed by atoms with E-state index in [9.17, 15) is 68.7 Å². The molecule has 0 aromatic heterocycles. The zero-order valence-electron chi connectivity index (χ0n) is 69.4. The van der Waals surface area contributed by atoms with Gasteiger partial charge in [-0.2, -0.15) is 12.6 Å². The smallest absolute Gasteiger partial charge is 0.462 e. The van der Waals surface area contributed by atoms with Crippen molar-refractivity contribution in [2.24, 2.45) is 17.8 Å². The number of aliphatic hydroxyl groups is 6. The number of carbonyl (C=O) groups excluding carboxylic acids is 4. The van der Waals surface area contributed by atoms with Crippen LogP contribution >= 0.6 is 28.3 Å². The Morgan fingerprint density at radius 3 is 1.02 bits per heavy atom. The molecule has 0 amide bonds. The molecule has 4 rings (SSSR count). The Balaban J connectivity index is 1.27. The Kier molecular flexibility index (Phi) is 56.1. The lowest BCUT2D eigenvalue weighted by atomic mass is 9.98. The van der Waals surface area contributed by atoms with Crippen molar-refractivity contribution in [1.29, 1.82) is 0 Å². The van der Waals surface area contributed by atoms with Crippen molar-refractivity contribution in [3.05, 3.63) is 0 Å². The van der Waals surface area contributed by atoms with Gasteiger partial charge in [0.15, 0.2) is 24.8 Å². The first-order valence-corrected chi connectivity index (χ1v) is 48.1. The Morgan fingerprint density at radius 2 is 0.670 bits per heavy atom. The maximum atomic E-state index is 13.5. The molecule has 112 heavy (non-hydrogen) atoms. The average molecular weight is 1660 g/mol. The SMILES string of the molecule is CCCCCCCCCCCCCCCC(=O)OC[C@H](COP(=O)(O)OCC1OC(OC2OC(COP(=O)(O)OC[C@@H](COC(=O)CCCCCCCCCCCCCCC)OC(=O)CCCCCCC[C@@H]3C[C@]3(S)CCCCCC)C(O)C(O)C2O)C(O)C(O)C1O)OC(=O)CCCCCCC[C@@H]1C[C@@H]1CCCCCC. The van der Waals surface area contributed by atoms with Crippen LogP contribution in [0.3, 0.4) is 0 Å². The van der Waals surface area contributed by atoms with E-state index in [1.165, 1.54) is 173 Å². The molecule has 12 unspecified atom stereocenters. The molecule has 18 atom stereocenters. The van der Waals surface area contributed by atoms with Crippen LogP contribution in [-0.4, -0.2) is 182 Å². The summed E-state index contributed by atoms with van der Waals surface area (Å²) in [4.78, 5) is 74.1. The van der Waals surface area contributed by atoms with Crippen molar-refractivity contribution in [1.82, 2.24) is 0 Å². The van der Waals surface area contributed by atoms with E-state index in [-0.39, 0.29) is 30.4 Å². The monoisotopic (exact) mass is 1660 g/mol. The minimum atomic E-state index is -5.18. The van der Waals surface area contributed by atoms with Crippen LogP contribution in [0.2, 0.25) is 0 Å². The van der Waals surface area contributed by atoms with Gasteiger partial charge in [0.05, 0.1) is 26.4 Å². The molecule has 0 radical (unpaired) electrons. The minimum absolute atomic E-state index is 0.0326. The third kappa shape index (κ3) is 47.2. The molecule has 4 aliphatic rings. The van der Waals surface area contributed by atoms with Crippen LogP contribution in [0.25, 0.3) is 0 Å². The molecule has 25 nitrogen and oxygen atoms in total. The first-order chi connectivity index (χ1) is 53.9. The first kappa shape index (κ1) is 102. The maximum Gasteiger partial charge on any atom is 0.472 e. The summed E-state index contributed by atoms with van der Waals surface area (Å²) in [7, 11) is -10.3. The number of ether oxygens (including phenoxy) is 7. The molecule has 2 saturated carbocycles. The summed E-state index contributed by atoms with van der Waals surface area (Å²) in [5, 5.41) is 66.0. The molecule has 2 aliphatic carbocycles. The van der Waals surface area contributed by atoms with Gasteiger partial charge in [-0.15, -0.1) is 0 Å². The molecule has 8 N–H and O–H groups in total.